The van der Waals surface area contributed by atoms with Crippen LogP contribution in [-0.2, 0) is 6.42 Å². The van der Waals surface area contributed by atoms with Crippen LogP contribution in [-0.4, -0.2) is 23.0 Å². The fourth-order valence-electron chi connectivity index (χ4n) is 1.59. The maximum atomic E-state index is 4.26. The van der Waals surface area contributed by atoms with Crippen molar-refractivity contribution < 1.29 is 0 Å². The number of nitrogens with one attached hydrogen (secondary N) is 1. The average Bonchev–Trinajstić information content (AvgIpc) is 2.57. The fraction of sp³-hybridized carbons (Fsp3) is 0.364. The Bertz CT molecular complexity index is 431. The van der Waals surface area contributed by atoms with Crippen LogP contribution in [0.25, 0.3) is 5.52 Å². The van der Waals surface area contributed by atoms with E-state index in [9.17, 15) is 0 Å². The fourth-order valence-corrected chi connectivity index (χ4v) is 1.59. The maximum Gasteiger partial charge on any atom is 0.0995 e. The highest BCUT2D eigenvalue weighted by Gasteiger charge is 2.00. The third-order valence-corrected chi connectivity index (χ3v) is 2.46. The predicted molar refractivity (Wildman–Crippen MR) is 57.6 cm³/mol. The number of aromatic nitrogens is 2. The van der Waals surface area contributed by atoms with Crippen molar-refractivity contribution in [2.24, 2.45) is 0 Å². The number of likely N-dealkylation sites (N-methyl/N-ethyl adjacent to an activating group) is 1. The molecular weight excluding hydrogens is 174 g/mol. The van der Waals surface area contributed by atoms with Crippen molar-refractivity contribution in [3.63, 3.8) is 0 Å². The third-order valence-electron chi connectivity index (χ3n) is 2.46. The largest absolute Gasteiger partial charge is 0.319 e. The molecule has 0 spiro atoms. The molecule has 0 aliphatic rings. The van der Waals surface area contributed by atoms with E-state index in [2.05, 4.69) is 33.0 Å². The van der Waals surface area contributed by atoms with Gasteiger partial charge in [-0.25, -0.2) is 4.98 Å². The van der Waals surface area contributed by atoms with Crippen LogP contribution in [0.4, 0.5) is 0 Å². The first-order valence-corrected chi connectivity index (χ1v) is 4.88. The Kier molecular flexibility index (Phi) is 2.50. The van der Waals surface area contributed by atoms with Crippen LogP contribution in [0.15, 0.2) is 24.7 Å². The smallest absolute Gasteiger partial charge is 0.0995 e. The summed E-state index contributed by atoms with van der Waals surface area (Å²) >= 11 is 0. The standard InChI is InChI=1S/C11H15N3/c1-9-11-7-10(3-5-12-2)4-6-14(11)8-13-9/h4,6-8,12H,3,5H2,1-2H3. The SMILES string of the molecule is CNCCc1ccn2cnc(C)c2c1. The van der Waals surface area contributed by atoms with Crippen LogP contribution in [0.5, 0.6) is 0 Å². The monoisotopic (exact) mass is 189 g/mol. The van der Waals surface area contributed by atoms with Crippen LogP contribution in [0.1, 0.15) is 11.3 Å². The second-order valence-corrected chi connectivity index (χ2v) is 3.51. The van der Waals surface area contributed by atoms with Gasteiger partial charge in [0.25, 0.3) is 0 Å². The lowest BCUT2D eigenvalue weighted by molar-refractivity contribution is 0.791. The van der Waals surface area contributed by atoms with Crippen LogP contribution >= 0.6 is 0 Å². The Balaban J connectivity index is 2.34. The van der Waals surface area contributed by atoms with Gasteiger partial charge in [0.05, 0.1) is 17.5 Å². The Morgan fingerprint density at radius 1 is 1.50 bits per heavy atom. The molecule has 3 heteroatoms. The van der Waals surface area contributed by atoms with Gasteiger partial charge in [0.2, 0.25) is 0 Å². The summed E-state index contributed by atoms with van der Waals surface area (Å²) < 4.78 is 2.05. The van der Waals surface area contributed by atoms with Gasteiger partial charge in [-0.1, -0.05) is 0 Å². The Morgan fingerprint density at radius 2 is 2.36 bits per heavy atom. The summed E-state index contributed by atoms with van der Waals surface area (Å²) in [5.41, 5.74) is 3.66. The van der Waals surface area contributed by atoms with Crippen LogP contribution in [0, 0.1) is 6.92 Å². The summed E-state index contributed by atoms with van der Waals surface area (Å²) in [7, 11) is 1.97. The van der Waals surface area contributed by atoms with E-state index in [0.717, 1.165) is 18.7 Å². The van der Waals surface area contributed by atoms with Gasteiger partial charge in [0, 0.05) is 6.20 Å². The number of fused-ring (bicyclic) bond motifs is 1. The molecule has 2 rings (SSSR count). The first-order valence-electron chi connectivity index (χ1n) is 4.88. The summed E-state index contributed by atoms with van der Waals surface area (Å²) in [6, 6.07) is 4.35. The second-order valence-electron chi connectivity index (χ2n) is 3.51. The van der Waals surface area contributed by atoms with E-state index in [0.29, 0.717) is 0 Å². The molecule has 0 atom stereocenters. The van der Waals surface area contributed by atoms with Crippen molar-refractivity contribution in [1.29, 1.82) is 0 Å². The van der Waals surface area contributed by atoms with Gasteiger partial charge in [-0.2, -0.15) is 0 Å². The number of imidazole rings is 1. The van der Waals surface area contributed by atoms with E-state index in [1.807, 2.05) is 20.3 Å². The van der Waals surface area contributed by atoms with Crippen LogP contribution < -0.4 is 5.32 Å². The highest BCUT2D eigenvalue weighted by atomic mass is 15.0. The van der Waals surface area contributed by atoms with E-state index >= 15 is 0 Å². The topological polar surface area (TPSA) is 29.3 Å². The first kappa shape index (κ1) is 9.21. The molecule has 3 nitrogen and oxygen atoms in total. The number of pyridine rings is 1. The minimum absolute atomic E-state index is 1.02. The summed E-state index contributed by atoms with van der Waals surface area (Å²) in [5.74, 6) is 0. The summed E-state index contributed by atoms with van der Waals surface area (Å²) in [5, 5.41) is 3.15. The molecule has 0 saturated heterocycles. The number of aryl methyl sites for hydroxylation is 1. The quantitative estimate of drug-likeness (QED) is 0.791. The first-order chi connectivity index (χ1) is 6.81. The molecule has 2 aromatic heterocycles. The van der Waals surface area contributed by atoms with Crippen LogP contribution in [0.2, 0.25) is 0 Å². The van der Waals surface area contributed by atoms with E-state index in [4.69, 9.17) is 0 Å². The lowest BCUT2D eigenvalue weighted by Gasteiger charge is -2.02. The minimum Gasteiger partial charge on any atom is -0.319 e. The lowest BCUT2D eigenvalue weighted by Crippen LogP contribution is -2.10. The van der Waals surface area contributed by atoms with Gasteiger partial charge in [0.15, 0.2) is 0 Å². The third kappa shape index (κ3) is 1.63. The summed E-state index contributed by atoms with van der Waals surface area (Å²) in [4.78, 5) is 4.26. The van der Waals surface area contributed by atoms with Crippen molar-refractivity contribution >= 4 is 5.52 Å². The zero-order valence-corrected chi connectivity index (χ0v) is 8.62. The molecule has 0 unspecified atom stereocenters. The van der Waals surface area contributed by atoms with Crippen molar-refractivity contribution in [2.75, 3.05) is 13.6 Å². The molecule has 0 aromatic carbocycles. The second kappa shape index (κ2) is 3.80. The van der Waals surface area contributed by atoms with Gasteiger partial charge < -0.3 is 9.72 Å². The molecule has 0 aliphatic carbocycles. The van der Waals surface area contributed by atoms with E-state index in [1.54, 1.807) is 0 Å². The van der Waals surface area contributed by atoms with Gasteiger partial charge in [-0.05, 0) is 44.6 Å². The molecule has 14 heavy (non-hydrogen) atoms. The molecule has 0 saturated carbocycles. The summed E-state index contributed by atoms with van der Waals surface area (Å²) in [6.07, 6.45) is 4.99. The molecule has 2 aromatic rings. The number of hydrogen-bond donors (Lipinski definition) is 1. The van der Waals surface area contributed by atoms with Gasteiger partial charge >= 0.3 is 0 Å². The molecule has 0 fully saturated rings. The van der Waals surface area contributed by atoms with Gasteiger partial charge in [-0.3, -0.25) is 0 Å². The highest BCUT2D eigenvalue weighted by molar-refractivity contribution is 5.53. The predicted octanol–water partition coefficient (Wildman–Crippen LogP) is 1.40. The average molecular weight is 189 g/mol. The van der Waals surface area contributed by atoms with Crippen molar-refractivity contribution in [3.05, 3.63) is 35.9 Å². The molecule has 0 bridgehead atoms. The zero-order chi connectivity index (χ0) is 9.97. The number of rotatable bonds is 3. The van der Waals surface area contributed by atoms with Crippen LogP contribution in [0.3, 0.4) is 0 Å². The molecule has 1 N–H and O–H groups in total. The Morgan fingerprint density at radius 3 is 3.14 bits per heavy atom. The van der Waals surface area contributed by atoms with E-state index in [1.165, 1.54) is 11.1 Å². The molecular formula is C11H15N3. The molecule has 2 heterocycles. The minimum atomic E-state index is 1.02. The number of hydrogen-bond acceptors (Lipinski definition) is 2. The van der Waals surface area contributed by atoms with Crippen molar-refractivity contribution in [1.82, 2.24) is 14.7 Å². The normalized spacial score (nSPS) is 11.0. The molecule has 0 amide bonds. The Hall–Kier alpha value is -1.35. The Labute approximate surface area is 83.8 Å². The van der Waals surface area contributed by atoms with Crippen molar-refractivity contribution in [3.8, 4) is 0 Å². The highest BCUT2D eigenvalue weighted by Crippen LogP contribution is 2.11. The van der Waals surface area contributed by atoms with Crippen molar-refractivity contribution in [2.45, 2.75) is 13.3 Å². The summed E-state index contributed by atoms with van der Waals surface area (Å²) in [6.45, 7) is 3.06. The lowest BCUT2D eigenvalue weighted by atomic mass is 10.2. The number of nitrogens with zero attached hydrogens (tertiary/aromatic N) is 2. The maximum absolute atomic E-state index is 4.26. The molecule has 0 radical (unpaired) electrons. The van der Waals surface area contributed by atoms with Gasteiger partial charge in [-0.15, -0.1) is 0 Å². The van der Waals surface area contributed by atoms with E-state index in [-0.39, 0.29) is 0 Å². The zero-order valence-electron chi connectivity index (χ0n) is 8.62. The van der Waals surface area contributed by atoms with E-state index < -0.39 is 0 Å². The molecule has 74 valence electrons. The van der Waals surface area contributed by atoms with Gasteiger partial charge in [0.1, 0.15) is 0 Å². The molecule has 0 aliphatic heterocycles.